The molecule has 0 aliphatic heterocycles. The number of nitrogens with one attached hydrogen (secondary N) is 1. The number of benzene rings is 2. The molecule has 0 heterocycles. The second-order valence-corrected chi connectivity index (χ2v) is 5.87. The largest absolute Gasteiger partial charge is 0.497 e. The third-order valence-corrected chi connectivity index (χ3v) is 3.85. The van der Waals surface area contributed by atoms with E-state index >= 15 is 0 Å². The fourth-order valence-electron chi connectivity index (χ4n) is 2.55. The van der Waals surface area contributed by atoms with Gasteiger partial charge in [-0.05, 0) is 49.5 Å². The molecular formula is C19H23FN2O2. The molecule has 0 saturated heterocycles. The van der Waals surface area contributed by atoms with Gasteiger partial charge in [0, 0.05) is 6.54 Å². The average Bonchev–Trinajstić information content (AvgIpc) is 2.55. The van der Waals surface area contributed by atoms with Crippen LogP contribution in [0.3, 0.4) is 0 Å². The van der Waals surface area contributed by atoms with Crippen LogP contribution in [0.4, 0.5) is 4.39 Å². The zero-order valence-electron chi connectivity index (χ0n) is 14.3. The van der Waals surface area contributed by atoms with Gasteiger partial charge in [-0.1, -0.05) is 24.3 Å². The van der Waals surface area contributed by atoms with Crippen molar-refractivity contribution in [1.29, 1.82) is 0 Å². The summed E-state index contributed by atoms with van der Waals surface area (Å²) >= 11 is 0. The van der Waals surface area contributed by atoms with Gasteiger partial charge in [0.1, 0.15) is 11.6 Å². The summed E-state index contributed by atoms with van der Waals surface area (Å²) < 4.78 is 18.6. The van der Waals surface area contributed by atoms with Crippen molar-refractivity contribution in [3.8, 4) is 5.75 Å². The van der Waals surface area contributed by atoms with E-state index in [1.54, 1.807) is 13.2 Å². The molecule has 0 bridgehead atoms. The molecule has 2 rings (SSSR count). The predicted octanol–water partition coefficient (Wildman–Crippen LogP) is 2.80. The van der Waals surface area contributed by atoms with Crippen LogP contribution in [0.1, 0.15) is 17.2 Å². The molecule has 0 aliphatic carbocycles. The summed E-state index contributed by atoms with van der Waals surface area (Å²) in [6.07, 6.45) is 0.278. The minimum Gasteiger partial charge on any atom is -0.497 e. The van der Waals surface area contributed by atoms with Gasteiger partial charge in [0.2, 0.25) is 5.91 Å². The number of hydrogen-bond acceptors (Lipinski definition) is 3. The van der Waals surface area contributed by atoms with Gasteiger partial charge in [0.15, 0.2) is 0 Å². The summed E-state index contributed by atoms with van der Waals surface area (Å²) in [6, 6.07) is 13.8. The van der Waals surface area contributed by atoms with Gasteiger partial charge >= 0.3 is 0 Å². The monoisotopic (exact) mass is 330 g/mol. The zero-order valence-corrected chi connectivity index (χ0v) is 14.3. The molecule has 24 heavy (non-hydrogen) atoms. The predicted molar refractivity (Wildman–Crippen MR) is 92.5 cm³/mol. The first-order valence-corrected chi connectivity index (χ1v) is 7.81. The summed E-state index contributed by atoms with van der Waals surface area (Å²) in [7, 11) is 5.41. The van der Waals surface area contributed by atoms with E-state index in [9.17, 15) is 9.18 Å². The standard InChI is InChI=1S/C19H23FN2O2/c1-22(2)18(15-7-5-8-16(20)12-15)13-21-19(23)11-14-6-4-9-17(10-14)24-3/h4-10,12,18H,11,13H2,1-3H3,(H,21,23). The van der Waals surface area contributed by atoms with Gasteiger partial charge < -0.3 is 15.0 Å². The van der Waals surface area contributed by atoms with E-state index in [4.69, 9.17) is 4.74 Å². The highest BCUT2D eigenvalue weighted by Gasteiger charge is 2.16. The van der Waals surface area contributed by atoms with Crippen molar-refractivity contribution in [1.82, 2.24) is 10.2 Å². The molecule has 128 valence electrons. The average molecular weight is 330 g/mol. The third kappa shape index (κ3) is 5.06. The highest BCUT2D eigenvalue weighted by atomic mass is 19.1. The molecule has 0 saturated carbocycles. The molecule has 0 spiro atoms. The van der Waals surface area contributed by atoms with Gasteiger partial charge in [-0.2, -0.15) is 0 Å². The number of halogens is 1. The van der Waals surface area contributed by atoms with Gasteiger partial charge in [0.05, 0.1) is 19.6 Å². The van der Waals surface area contributed by atoms with E-state index in [1.165, 1.54) is 12.1 Å². The molecule has 1 amide bonds. The molecule has 0 fully saturated rings. The maximum atomic E-state index is 13.4. The number of likely N-dealkylation sites (N-methyl/N-ethyl adjacent to an activating group) is 1. The number of nitrogens with zero attached hydrogens (tertiary/aromatic N) is 1. The van der Waals surface area contributed by atoms with E-state index in [0.29, 0.717) is 6.54 Å². The van der Waals surface area contributed by atoms with Crippen LogP contribution in [-0.2, 0) is 11.2 Å². The lowest BCUT2D eigenvalue weighted by atomic mass is 10.1. The van der Waals surface area contributed by atoms with Crippen molar-refractivity contribution in [2.24, 2.45) is 0 Å². The number of amides is 1. The molecule has 2 aromatic rings. The minimum absolute atomic E-state index is 0.0773. The molecular weight excluding hydrogens is 307 g/mol. The van der Waals surface area contributed by atoms with Gasteiger partial charge in [0.25, 0.3) is 0 Å². The number of hydrogen-bond donors (Lipinski definition) is 1. The first-order chi connectivity index (χ1) is 11.5. The Morgan fingerprint density at radius 1 is 1.21 bits per heavy atom. The van der Waals surface area contributed by atoms with Crippen LogP contribution in [0.2, 0.25) is 0 Å². The van der Waals surface area contributed by atoms with Crippen LogP contribution >= 0.6 is 0 Å². The lowest BCUT2D eigenvalue weighted by molar-refractivity contribution is -0.120. The van der Waals surface area contributed by atoms with E-state index in [0.717, 1.165) is 16.9 Å². The third-order valence-electron chi connectivity index (χ3n) is 3.85. The zero-order chi connectivity index (χ0) is 17.5. The molecule has 4 nitrogen and oxygen atoms in total. The molecule has 1 unspecified atom stereocenters. The topological polar surface area (TPSA) is 41.6 Å². The fraction of sp³-hybridized carbons (Fsp3) is 0.316. The molecule has 0 aliphatic rings. The molecule has 1 atom stereocenters. The lowest BCUT2D eigenvalue weighted by Gasteiger charge is -2.25. The Morgan fingerprint density at radius 3 is 2.62 bits per heavy atom. The van der Waals surface area contributed by atoms with Crippen LogP contribution in [0.25, 0.3) is 0 Å². The smallest absolute Gasteiger partial charge is 0.224 e. The Hall–Kier alpha value is -2.40. The van der Waals surface area contributed by atoms with Crippen molar-refractivity contribution in [3.05, 3.63) is 65.5 Å². The Kier molecular flexibility index (Phi) is 6.32. The quantitative estimate of drug-likeness (QED) is 0.849. The molecule has 2 aromatic carbocycles. The number of carbonyl (C=O) groups excluding carboxylic acids is 1. The Balaban J connectivity index is 1.97. The van der Waals surface area contributed by atoms with Crippen molar-refractivity contribution in [2.45, 2.75) is 12.5 Å². The van der Waals surface area contributed by atoms with Gasteiger partial charge in [-0.15, -0.1) is 0 Å². The second kappa shape index (κ2) is 8.45. The van der Waals surface area contributed by atoms with Crippen LogP contribution < -0.4 is 10.1 Å². The van der Waals surface area contributed by atoms with E-state index in [-0.39, 0.29) is 24.2 Å². The molecule has 0 radical (unpaired) electrons. The van der Waals surface area contributed by atoms with Gasteiger partial charge in [-0.25, -0.2) is 4.39 Å². The number of rotatable bonds is 7. The molecule has 1 N–H and O–H groups in total. The molecule has 5 heteroatoms. The summed E-state index contributed by atoms with van der Waals surface area (Å²) in [5, 5.41) is 2.92. The summed E-state index contributed by atoms with van der Waals surface area (Å²) in [6.45, 7) is 0.416. The Morgan fingerprint density at radius 2 is 1.96 bits per heavy atom. The van der Waals surface area contributed by atoms with Crippen molar-refractivity contribution in [3.63, 3.8) is 0 Å². The summed E-state index contributed by atoms with van der Waals surface area (Å²) in [4.78, 5) is 14.2. The summed E-state index contributed by atoms with van der Waals surface area (Å²) in [5.74, 6) is 0.375. The van der Waals surface area contributed by atoms with E-state index in [2.05, 4.69) is 5.32 Å². The van der Waals surface area contributed by atoms with Gasteiger partial charge in [-0.3, -0.25) is 4.79 Å². The van der Waals surface area contributed by atoms with E-state index in [1.807, 2.05) is 49.3 Å². The highest BCUT2D eigenvalue weighted by Crippen LogP contribution is 2.18. The Bertz CT molecular complexity index is 689. The summed E-state index contributed by atoms with van der Waals surface area (Å²) in [5.41, 5.74) is 1.72. The SMILES string of the molecule is COc1cccc(CC(=O)NCC(c2cccc(F)c2)N(C)C)c1. The minimum atomic E-state index is -0.276. The first-order valence-electron chi connectivity index (χ1n) is 7.81. The lowest BCUT2D eigenvalue weighted by Crippen LogP contribution is -2.35. The number of ether oxygens (including phenoxy) is 1. The molecule has 0 aromatic heterocycles. The normalized spacial score (nSPS) is 12.0. The van der Waals surface area contributed by atoms with Crippen LogP contribution in [-0.4, -0.2) is 38.6 Å². The number of carbonyl (C=O) groups is 1. The fourth-order valence-corrected chi connectivity index (χ4v) is 2.55. The van der Waals surface area contributed by atoms with Crippen LogP contribution in [0.15, 0.2) is 48.5 Å². The second-order valence-electron chi connectivity index (χ2n) is 5.87. The first kappa shape index (κ1) is 17.9. The van der Waals surface area contributed by atoms with Crippen LogP contribution in [0, 0.1) is 5.82 Å². The highest BCUT2D eigenvalue weighted by molar-refractivity contribution is 5.78. The van der Waals surface area contributed by atoms with Crippen LogP contribution in [0.5, 0.6) is 5.75 Å². The van der Waals surface area contributed by atoms with Crippen molar-refractivity contribution < 1.29 is 13.9 Å². The maximum Gasteiger partial charge on any atom is 0.224 e. The van der Waals surface area contributed by atoms with Crippen molar-refractivity contribution in [2.75, 3.05) is 27.7 Å². The van der Waals surface area contributed by atoms with E-state index < -0.39 is 0 Å². The Labute approximate surface area is 142 Å². The number of methoxy groups -OCH3 is 1. The maximum absolute atomic E-state index is 13.4. The van der Waals surface area contributed by atoms with Crippen molar-refractivity contribution >= 4 is 5.91 Å².